The zero-order chi connectivity index (χ0) is 12.6. The monoisotopic (exact) mass is 235 g/mol. The van der Waals surface area contributed by atoms with Crippen LogP contribution in [0.1, 0.15) is 44.2 Å². The van der Waals surface area contributed by atoms with E-state index >= 15 is 0 Å². The molecule has 94 valence electrons. The van der Waals surface area contributed by atoms with Gasteiger partial charge >= 0.3 is 0 Å². The van der Waals surface area contributed by atoms with Crippen molar-refractivity contribution in [3.63, 3.8) is 0 Å². The topological polar surface area (TPSA) is 26.0 Å². The van der Waals surface area contributed by atoms with Crippen molar-refractivity contribution in [2.75, 3.05) is 0 Å². The fourth-order valence-corrected chi connectivity index (χ4v) is 2.93. The molecule has 2 rings (SSSR count). The normalized spacial score (nSPS) is 33.7. The fraction of sp³-hybridized carbons (Fsp3) is 0.600. The van der Waals surface area contributed by atoms with Gasteiger partial charge in [0.25, 0.3) is 0 Å². The molecule has 1 aliphatic rings. The molecule has 1 fully saturated rings. The maximum atomic E-state index is 13.5. The Hall–Kier alpha value is -0.890. The molecule has 1 aliphatic carbocycles. The van der Waals surface area contributed by atoms with Gasteiger partial charge in [-0.25, -0.2) is 4.39 Å². The molecular weight excluding hydrogens is 213 g/mol. The number of hydrogen-bond donors (Lipinski definition) is 1. The Morgan fingerprint density at radius 1 is 1.24 bits per heavy atom. The molecule has 1 aromatic carbocycles. The van der Waals surface area contributed by atoms with Gasteiger partial charge < -0.3 is 5.73 Å². The Balaban J connectivity index is 2.31. The summed E-state index contributed by atoms with van der Waals surface area (Å²) in [5.41, 5.74) is 8.09. The number of benzene rings is 1. The van der Waals surface area contributed by atoms with E-state index in [4.69, 9.17) is 5.73 Å². The minimum absolute atomic E-state index is 0.170. The minimum atomic E-state index is -0.335. The van der Waals surface area contributed by atoms with Crippen molar-refractivity contribution in [2.45, 2.75) is 45.6 Å². The van der Waals surface area contributed by atoms with Crippen LogP contribution in [0.2, 0.25) is 0 Å². The van der Waals surface area contributed by atoms with Crippen LogP contribution >= 0.6 is 0 Å². The maximum absolute atomic E-state index is 13.5. The van der Waals surface area contributed by atoms with E-state index in [0.717, 1.165) is 36.3 Å². The molecule has 1 saturated carbocycles. The summed E-state index contributed by atoms with van der Waals surface area (Å²) < 4.78 is 13.5. The van der Waals surface area contributed by atoms with E-state index in [9.17, 15) is 4.39 Å². The Morgan fingerprint density at radius 3 is 2.53 bits per heavy atom. The van der Waals surface area contributed by atoms with Crippen LogP contribution in [0.15, 0.2) is 18.2 Å². The molecule has 0 saturated heterocycles. The summed E-state index contributed by atoms with van der Waals surface area (Å²) in [4.78, 5) is 0. The molecule has 0 spiro atoms. The first-order chi connectivity index (χ1) is 7.90. The molecule has 0 bridgehead atoms. The highest BCUT2D eigenvalue weighted by atomic mass is 19.1. The molecular formula is C15H22FN. The molecule has 3 atom stereocenters. The van der Waals surface area contributed by atoms with Gasteiger partial charge in [0.05, 0.1) is 0 Å². The smallest absolute Gasteiger partial charge is 0.123 e. The first kappa shape index (κ1) is 12.6. The molecule has 0 radical (unpaired) electrons. The molecule has 3 unspecified atom stereocenters. The van der Waals surface area contributed by atoms with E-state index in [1.165, 1.54) is 0 Å². The van der Waals surface area contributed by atoms with Crippen molar-refractivity contribution in [1.82, 2.24) is 0 Å². The van der Waals surface area contributed by atoms with Gasteiger partial charge in [-0.05, 0) is 61.3 Å². The summed E-state index contributed by atoms with van der Waals surface area (Å²) in [5.74, 6) is 1.16. The van der Waals surface area contributed by atoms with Gasteiger partial charge in [0.15, 0.2) is 0 Å². The van der Waals surface area contributed by atoms with Crippen LogP contribution in [0.3, 0.4) is 0 Å². The lowest BCUT2D eigenvalue weighted by atomic mass is 9.69. The van der Waals surface area contributed by atoms with E-state index in [2.05, 4.69) is 13.8 Å². The third kappa shape index (κ3) is 2.52. The summed E-state index contributed by atoms with van der Waals surface area (Å²) >= 11 is 0. The van der Waals surface area contributed by atoms with Gasteiger partial charge in [0.2, 0.25) is 0 Å². The lowest BCUT2D eigenvalue weighted by molar-refractivity contribution is 0.176. The molecule has 0 aromatic heterocycles. The number of halogens is 1. The van der Waals surface area contributed by atoms with Crippen molar-refractivity contribution >= 4 is 0 Å². The van der Waals surface area contributed by atoms with Crippen LogP contribution in [0.25, 0.3) is 0 Å². The summed E-state index contributed by atoms with van der Waals surface area (Å²) in [5, 5.41) is 0. The van der Waals surface area contributed by atoms with Crippen LogP contribution in [-0.4, -0.2) is 0 Å². The zero-order valence-corrected chi connectivity index (χ0v) is 11.0. The van der Waals surface area contributed by atoms with Gasteiger partial charge in [0.1, 0.15) is 5.82 Å². The highest BCUT2D eigenvalue weighted by Crippen LogP contribution is 2.41. The number of rotatable bonds is 1. The van der Waals surface area contributed by atoms with Crippen molar-refractivity contribution in [3.8, 4) is 0 Å². The minimum Gasteiger partial charge on any atom is -0.321 e. The van der Waals surface area contributed by atoms with E-state index in [-0.39, 0.29) is 11.4 Å². The quantitative estimate of drug-likeness (QED) is 0.788. The molecule has 1 aromatic rings. The van der Waals surface area contributed by atoms with E-state index in [1.54, 1.807) is 12.1 Å². The summed E-state index contributed by atoms with van der Waals surface area (Å²) in [7, 11) is 0. The number of aryl methyl sites for hydroxylation is 1. The van der Waals surface area contributed by atoms with Crippen molar-refractivity contribution in [2.24, 2.45) is 17.6 Å². The molecule has 2 heteroatoms. The third-order valence-corrected chi connectivity index (χ3v) is 4.32. The average Bonchev–Trinajstić information content (AvgIpc) is 2.23. The molecule has 0 aliphatic heterocycles. The molecule has 0 heterocycles. The van der Waals surface area contributed by atoms with Gasteiger partial charge in [-0.15, -0.1) is 0 Å². The molecule has 2 N–H and O–H groups in total. The van der Waals surface area contributed by atoms with E-state index < -0.39 is 0 Å². The molecule has 1 nitrogen and oxygen atoms in total. The van der Waals surface area contributed by atoms with E-state index in [1.807, 2.05) is 13.0 Å². The second-order valence-electron chi connectivity index (χ2n) is 5.87. The van der Waals surface area contributed by atoms with Gasteiger partial charge in [-0.3, -0.25) is 0 Å². The predicted molar refractivity (Wildman–Crippen MR) is 69.2 cm³/mol. The van der Waals surface area contributed by atoms with Gasteiger partial charge in [0, 0.05) is 5.54 Å². The SMILES string of the molecule is Cc1cc(F)cc(C2(N)CCC(C)C(C)C2)c1. The lowest BCUT2D eigenvalue weighted by Crippen LogP contribution is -2.43. The van der Waals surface area contributed by atoms with Crippen molar-refractivity contribution < 1.29 is 4.39 Å². The highest BCUT2D eigenvalue weighted by Gasteiger charge is 2.36. The average molecular weight is 235 g/mol. The van der Waals surface area contributed by atoms with Crippen LogP contribution in [0.4, 0.5) is 4.39 Å². The summed E-state index contributed by atoms with van der Waals surface area (Å²) in [6.07, 6.45) is 3.05. The predicted octanol–water partition coefficient (Wildman–Crippen LogP) is 3.74. The highest BCUT2D eigenvalue weighted by molar-refractivity contribution is 5.30. The largest absolute Gasteiger partial charge is 0.321 e. The van der Waals surface area contributed by atoms with Crippen LogP contribution in [-0.2, 0) is 5.54 Å². The number of nitrogens with two attached hydrogens (primary N) is 1. The maximum Gasteiger partial charge on any atom is 0.123 e. The van der Waals surface area contributed by atoms with E-state index in [0.29, 0.717) is 5.92 Å². The Morgan fingerprint density at radius 2 is 1.94 bits per heavy atom. The Labute approximate surface area is 103 Å². The van der Waals surface area contributed by atoms with Gasteiger partial charge in [-0.1, -0.05) is 19.9 Å². The van der Waals surface area contributed by atoms with Crippen molar-refractivity contribution in [1.29, 1.82) is 0 Å². The second-order valence-corrected chi connectivity index (χ2v) is 5.87. The fourth-order valence-electron chi connectivity index (χ4n) is 2.93. The standard InChI is InChI=1S/C15H22FN/c1-10-6-13(8-14(16)7-10)15(17)5-4-11(2)12(3)9-15/h6-8,11-12H,4-5,9,17H2,1-3H3. The Kier molecular flexibility index (Phi) is 3.26. The zero-order valence-electron chi connectivity index (χ0n) is 11.0. The van der Waals surface area contributed by atoms with Gasteiger partial charge in [-0.2, -0.15) is 0 Å². The first-order valence-electron chi connectivity index (χ1n) is 6.47. The second kappa shape index (κ2) is 4.41. The summed E-state index contributed by atoms with van der Waals surface area (Å²) in [6.45, 7) is 6.45. The summed E-state index contributed by atoms with van der Waals surface area (Å²) in [6, 6.07) is 5.20. The molecule has 17 heavy (non-hydrogen) atoms. The van der Waals surface area contributed by atoms with Crippen molar-refractivity contribution in [3.05, 3.63) is 35.1 Å². The lowest BCUT2D eigenvalue weighted by Gasteiger charge is -2.40. The Bertz CT molecular complexity index is 395. The third-order valence-electron chi connectivity index (χ3n) is 4.32. The van der Waals surface area contributed by atoms with Crippen LogP contribution < -0.4 is 5.73 Å². The first-order valence-corrected chi connectivity index (χ1v) is 6.47. The molecule has 0 amide bonds. The van der Waals surface area contributed by atoms with Crippen LogP contribution in [0.5, 0.6) is 0 Å². The number of hydrogen-bond acceptors (Lipinski definition) is 1. The van der Waals surface area contributed by atoms with Crippen LogP contribution in [0, 0.1) is 24.6 Å².